The minimum absolute atomic E-state index is 0.110. The number of anilines is 1. The summed E-state index contributed by atoms with van der Waals surface area (Å²) < 4.78 is 54.1. The van der Waals surface area contributed by atoms with E-state index in [1.54, 1.807) is 0 Å². The first-order chi connectivity index (χ1) is 10.1. The lowest BCUT2D eigenvalue weighted by Crippen LogP contribution is -2.27. The molecule has 122 valence electrons. The average Bonchev–Trinajstić information content (AvgIpc) is 2.39. The number of alkyl halides is 3. The molecule has 0 spiro atoms. The predicted molar refractivity (Wildman–Crippen MR) is 68.0 cm³/mol. The lowest BCUT2D eigenvalue weighted by atomic mass is 10.1. The van der Waals surface area contributed by atoms with E-state index in [2.05, 4.69) is 5.32 Å². The van der Waals surface area contributed by atoms with E-state index in [1.165, 1.54) is 0 Å². The summed E-state index contributed by atoms with van der Waals surface area (Å²) in [4.78, 5) is 22.3. The van der Waals surface area contributed by atoms with Crippen LogP contribution in [0, 0.1) is 11.7 Å². The zero-order valence-corrected chi connectivity index (χ0v) is 11.4. The van der Waals surface area contributed by atoms with Gasteiger partial charge in [0.2, 0.25) is 5.91 Å². The number of halogens is 4. The first kappa shape index (κ1) is 17.7. The third-order valence-electron chi connectivity index (χ3n) is 2.61. The quantitative estimate of drug-likeness (QED) is 0.623. The fourth-order valence-corrected chi connectivity index (χ4v) is 1.35. The van der Waals surface area contributed by atoms with Gasteiger partial charge in [0.25, 0.3) is 0 Å². The monoisotopic (exact) mass is 323 g/mol. The Balaban J connectivity index is 2.82. The summed E-state index contributed by atoms with van der Waals surface area (Å²) in [7, 11) is 0. The van der Waals surface area contributed by atoms with E-state index in [-0.39, 0.29) is 11.4 Å². The van der Waals surface area contributed by atoms with Crippen molar-refractivity contribution in [2.45, 2.75) is 19.5 Å². The second-order valence-electron chi connectivity index (χ2n) is 4.40. The molecule has 2 N–H and O–H groups in total. The molecule has 0 aromatic heterocycles. The third-order valence-corrected chi connectivity index (χ3v) is 2.61. The molecular formula is C13H13F4NO4. The van der Waals surface area contributed by atoms with Crippen molar-refractivity contribution in [3.63, 3.8) is 0 Å². The molecule has 1 aromatic rings. The zero-order chi connectivity index (χ0) is 16.9. The van der Waals surface area contributed by atoms with Crippen LogP contribution in [0.15, 0.2) is 18.2 Å². The Hall–Kier alpha value is -2.32. The molecule has 0 fully saturated rings. The van der Waals surface area contributed by atoms with Gasteiger partial charge in [0.05, 0.1) is 18.7 Å². The number of carbonyl (C=O) groups is 2. The highest BCUT2D eigenvalue weighted by Crippen LogP contribution is 2.27. The lowest BCUT2D eigenvalue weighted by molar-refractivity contribution is -0.145. The Kier molecular flexibility index (Phi) is 5.72. The van der Waals surface area contributed by atoms with Gasteiger partial charge in [-0.2, -0.15) is 13.2 Å². The van der Waals surface area contributed by atoms with Gasteiger partial charge in [-0.1, -0.05) is 0 Å². The minimum Gasteiger partial charge on any atom is -0.491 e. The number of aliphatic carboxylic acids is 1. The number of ether oxygens (including phenoxy) is 1. The number of hydrogen-bond donors (Lipinski definition) is 2. The number of carboxylic acids is 1. The smallest absolute Gasteiger partial charge is 0.392 e. The number of nitrogens with one attached hydrogen (secondary N) is 1. The van der Waals surface area contributed by atoms with E-state index in [1.807, 2.05) is 0 Å². The molecule has 0 radical (unpaired) electrons. The largest absolute Gasteiger partial charge is 0.491 e. The summed E-state index contributed by atoms with van der Waals surface area (Å²) in [6.07, 6.45) is -5.68. The second-order valence-corrected chi connectivity index (χ2v) is 4.40. The molecule has 5 nitrogen and oxygen atoms in total. The fourth-order valence-electron chi connectivity index (χ4n) is 1.35. The topological polar surface area (TPSA) is 75.6 Å². The van der Waals surface area contributed by atoms with E-state index in [0.29, 0.717) is 0 Å². The molecule has 1 rings (SSSR count). The minimum atomic E-state index is -4.44. The van der Waals surface area contributed by atoms with Crippen LogP contribution < -0.4 is 10.1 Å². The van der Waals surface area contributed by atoms with E-state index >= 15 is 0 Å². The Morgan fingerprint density at radius 3 is 2.55 bits per heavy atom. The van der Waals surface area contributed by atoms with Crippen molar-refractivity contribution in [3.8, 4) is 5.75 Å². The maximum atomic E-state index is 13.1. The predicted octanol–water partition coefficient (Wildman–Crippen LogP) is 2.82. The Labute approximate surface area is 122 Å². The second kappa shape index (κ2) is 7.10. The van der Waals surface area contributed by atoms with E-state index in [4.69, 9.17) is 9.84 Å². The zero-order valence-electron chi connectivity index (χ0n) is 11.4. The van der Waals surface area contributed by atoms with Crippen LogP contribution in [0.25, 0.3) is 0 Å². The SMILES string of the molecule is CC(C(=O)O)C(=O)Nc1ccc(F)cc1OCCC(F)(F)F. The first-order valence-electron chi connectivity index (χ1n) is 6.13. The van der Waals surface area contributed by atoms with Crippen LogP contribution in [0.3, 0.4) is 0 Å². The normalized spacial score (nSPS) is 12.6. The van der Waals surface area contributed by atoms with Gasteiger partial charge in [0, 0.05) is 6.07 Å². The van der Waals surface area contributed by atoms with Gasteiger partial charge in [0.15, 0.2) is 0 Å². The Bertz CT molecular complexity index is 559. The van der Waals surface area contributed by atoms with Gasteiger partial charge < -0.3 is 15.2 Å². The number of benzene rings is 1. The van der Waals surface area contributed by atoms with Crippen LogP contribution in [-0.4, -0.2) is 29.8 Å². The summed E-state index contributed by atoms with van der Waals surface area (Å²) in [5.41, 5.74) is -0.110. The molecule has 0 saturated heterocycles. The van der Waals surface area contributed by atoms with Gasteiger partial charge in [0.1, 0.15) is 17.5 Å². The van der Waals surface area contributed by atoms with Crippen molar-refractivity contribution in [2.24, 2.45) is 5.92 Å². The highest BCUT2D eigenvalue weighted by atomic mass is 19.4. The van der Waals surface area contributed by atoms with Gasteiger partial charge in [-0.05, 0) is 19.1 Å². The van der Waals surface area contributed by atoms with Gasteiger partial charge in [-0.25, -0.2) is 4.39 Å². The summed E-state index contributed by atoms with van der Waals surface area (Å²) >= 11 is 0. The molecule has 0 heterocycles. The number of amides is 1. The van der Waals surface area contributed by atoms with Crippen LogP contribution >= 0.6 is 0 Å². The van der Waals surface area contributed by atoms with Crippen molar-refractivity contribution in [1.82, 2.24) is 0 Å². The fraction of sp³-hybridized carbons (Fsp3) is 0.385. The highest BCUT2D eigenvalue weighted by Gasteiger charge is 2.27. The molecule has 0 aliphatic heterocycles. The van der Waals surface area contributed by atoms with E-state index < -0.39 is 42.8 Å². The Morgan fingerprint density at radius 2 is 2.00 bits per heavy atom. The molecule has 0 bridgehead atoms. The number of carboxylic acid groups (broad SMARTS) is 1. The molecule has 1 aromatic carbocycles. The van der Waals surface area contributed by atoms with Crippen LogP contribution in [0.4, 0.5) is 23.2 Å². The highest BCUT2D eigenvalue weighted by molar-refractivity contribution is 6.04. The van der Waals surface area contributed by atoms with Crippen LogP contribution in [0.1, 0.15) is 13.3 Å². The molecule has 0 aliphatic rings. The van der Waals surface area contributed by atoms with Crippen LogP contribution in [-0.2, 0) is 9.59 Å². The van der Waals surface area contributed by atoms with Crippen molar-refractivity contribution in [2.75, 3.05) is 11.9 Å². The molecule has 9 heteroatoms. The standard InChI is InChI=1S/C13H13F4NO4/c1-7(12(20)21)11(19)18-9-3-2-8(14)6-10(9)22-5-4-13(15,16)17/h2-3,6-7H,4-5H2,1H3,(H,18,19)(H,20,21). The maximum absolute atomic E-state index is 13.1. The number of carbonyl (C=O) groups excluding carboxylic acids is 1. The van der Waals surface area contributed by atoms with Gasteiger partial charge in [-0.3, -0.25) is 9.59 Å². The molecule has 22 heavy (non-hydrogen) atoms. The molecule has 1 unspecified atom stereocenters. The molecule has 0 aliphatic carbocycles. The van der Waals surface area contributed by atoms with E-state index in [0.717, 1.165) is 25.1 Å². The summed E-state index contributed by atoms with van der Waals surface area (Å²) in [6.45, 7) is 0.371. The first-order valence-corrected chi connectivity index (χ1v) is 6.13. The molecule has 1 atom stereocenters. The van der Waals surface area contributed by atoms with Gasteiger partial charge in [-0.15, -0.1) is 0 Å². The Morgan fingerprint density at radius 1 is 1.36 bits per heavy atom. The molecular weight excluding hydrogens is 310 g/mol. The van der Waals surface area contributed by atoms with Crippen molar-refractivity contribution >= 4 is 17.6 Å². The van der Waals surface area contributed by atoms with Crippen molar-refractivity contribution in [1.29, 1.82) is 0 Å². The molecule has 0 saturated carbocycles. The van der Waals surface area contributed by atoms with Crippen LogP contribution in [0.2, 0.25) is 0 Å². The maximum Gasteiger partial charge on any atom is 0.392 e. The number of hydrogen-bond acceptors (Lipinski definition) is 3. The number of rotatable bonds is 6. The average molecular weight is 323 g/mol. The summed E-state index contributed by atoms with van der Waals surface area (Å²) in [6, 6.07) is 2.83. The third kappa shape index (κ3) is 5.58. The van der Waals surface area contributed by atoms with Gasteiger partial charge >= 0.3 is 12.1 Å². The van der Waals surface area contributed by atoms with Crippen LogP contribution in [0.5, 0.6) is 5.75 Å². The molecule has 1 amide bonds. The summed E-state index contributed by atoms with van der Waals surface area (Å²) in [5.74, 6) is -4.74. The van der Waals surface area contributed by atoms with E-state index in [9.17, 15) is 27.2 Å². The lowest BCUT2D eigenvalue weighted by Gasteiger charge is -2.14. The van der Waals surface area contributed by atoms with Crippen molar-refractivity contribution < 1.29 is 37.0 Å². The van der Waals surface area contributed by atoms with Crippen molar-refractivity contribution in [3.05, 3.63) is 24.0 Å². The summed E-state index contributed by atoms with van der Waals surface area (Å²) in [5, 5.41) is 10.9.